The van der Waals surface area contributed by atoms with E-state index in [4.69, 9.17) is 23.7 Å². The van der Waals surface area contributed by atoms with Gasteiger partial charge in [0, 0.05) is 0 Å². The molecular formula is C11H20O6. The van der Waals surface area contributed by atoms with Crippen LogP contribution in [-0.2, 0) is 23.7 Å². The van der Waals surface area contributed by atoms with Crippen LogP contribution in [0.3, 0.4) is 0 Å². The molecule has 2 heterocycles. The van der Waals surface area contributed by atoms with Crippen LogP contribution in [0.25, 0.3) is 0 Å². The molecule has 2 fully saturated rings. The van der Waals surface area contributed by atoms with Crippen LogP contribution in [-0.4, -0.2) is 55.5 Å². The molecule has 4 atom stereocenters. The van der Waals surface area contributed by atoms with Crippen molar-refractivity contribution in [1.29, 1.82) is 0 Å². The average Bonchev–Trinajstić information content (AvgIpc) is 2.69. The molecule has 6 nitrogen and oxygen atoms in total. The van der Waals surface area contributed by atoms with E-state index in [2.05, 4.69) is 0 Å². The van der Waals surface area contributed by atoms with Gasteiger partial charge in [0.2, 0.25) is 0 Å². The molecule has 0 aromatic carbocycles. The first-order valence-electron chi connectivity index (χ1n) is 5.83. The van der Waals surface area contributed by atoms with E-state index < -0.39 is 18.2 Å². The maximum atomic E-state index is 9.32. The van der Waals surface area contributed by atoms with Crippen LogP contribution in [0.4, 0.5) is 0 Å². The third-order valence-corrected chi connectivity index (χ3v) is 2.90. The highest BCUT2D eigenvalue weighted by Crippen LogP contribution is 2.25. The summed E-state index contributed by atoms with van der Waals surface area (Å²) in [6.07, 6.45) is -1.53. The van der Waals surface area contributed by atoms with Crippen molar-refractivity contribution in [3.8, 4) is 0 Å². The molecule has 2 aliphatic heterocycles. The minimum absolute atomic E-state index is 0.135. The van der Waals surface area contributed by atoms with Crippen molar-refractivity contribution in [3.05, 3.63) is 0 Å². The summed E-state index contributed by atoms with van der Waals surface area (Å²) in [7, 11) is 0. The molecule has 0 radical (unpaired) electrons. The van der Waals surface area contributed by atoms with Gasteiger partial charge in [-0.25, -0.2) is 0 Å². The van der Waals surface area contributed by atoms with Crippen LogP contribution in [0.2, 0.25) is 0 Å². The molecule has 0 amide bonds. The molecule has 0 spiro atoms. The molecule has 2 saturated heterocycles. The Morgan fingerprint density at radius 1 is 1.29 bits per heavy atom. The first-order chi connectivity index (χ1) is 8.02. The second-order valence-electron chi connectivity index (χ2n) is 4.75. The summed E-state index contributed by atoms with van der Waals surface area (Å²) < 4.78 is 27.7. The lowest BCUT2D eigenvalue weighted by molar-refractivity contribution is -0.254. The lowest BCUT2D eigenvalue weighted by Crippen LogP contribution is -2.40. The minimum Gasteiger partial charge on any atom is -0.394 e. The second kappa shape index (κ2) is 5.17. The Balaban J connectivity index is 2.11. The van der Waals surface area contributed by atoms with E-state index in [1.807, 2.05) is 20.8 Å². The van der Waals surface area contributed by atoms with Gasteiger partial charge in [-0.1, -0.05) is 0 Å². The Hall–Kier alpha value is -0.240. The Bertz CT molecular complexity index is 256. The molecule has 0 aliphatic carbocycles. The van der Waals surface area contributed by atoms with E-state index in [1.165, 1.54) is 0 Å². The third kappa shape index (κ3) is 3.15. The molecule has 4 unspecified atom stereocenters. The summed E-state index contributed by atoms with van der Waals surface area (Å²) in [6.45, 7) is 5.88. The zero-order valence-corrected chi connectivity index (χ0v) is 10.4. The molecule has 6 heteroatoms. The summed E-state index contributed by atoms with van der Waals surface area (Å²) in [5.41, 5.74) is 0. The summed E-state index contributed by atoms with van der Waals surface area (Å²) >= 11 is 0. The highest BCUT2D eigenvalue weighted by molar-refractivity contribution is 4.76. The maximum Gasteiger partial charge on any atom is 0.189 e. The van der Waals surface area contributed by atoms with Gasteiger partial charge in [0.25, 0.3) is 0 Å². The topological polar surface area (TPSA) is 66.4 Å². The van der Waals surface area contributed by atoms with E-state index in [9.17, 15) is 5.11 Å². The lowest BCUT2D eigenvalue weighted by Gasteiger charge is -2.31. The van der Waals surface area contributed by atoms with Gasteiger partial charge in [0.1, 0.15) is 12.2 Å². The standard InChI is InChI=1S/C11H20O6/c1-7-8(4-12)16-10-9(13-6-14-10)5-15-11(2,3)17-7/h7-10,12H,4-6H2,1-3H3. The van der Waals surface area contributed by atoms with Gasteiger partial charge in [0.05, 0.1) is 19.3 Å². The molecule has 1 N–H and O–H groups in total. The third-order valence-electron chi connectivity index (χ3n) is 2.90. The Labute approximate surface area is 101 Å². The van der Waals surface area contributed by atoms with Gasteiger partial charge < -0.3 is 28.8 Å². The molecule has 17 heavy (non-hydrogen) atoms. The van der Waals surface area contributed by atoms with E-state index in [1.54, 1.807) is 0 Å². The zero-order valence-electron chi connectivity index (χ0n) is 10.4. The van der Waals surface area contributed by atoms with Crippen molar-refractivity contribution in [2.75, 3.05) is 20.0 Å². The van der Waals surface area contributed by atoms with Crippen molar-refractivity contribution >= 4 is 0 Å². The van der Waals surface area contributed by atoms with Gasteiger partial charge in [-0.15, -0.1) is 0 Å². The van der Waals surface area contributed by atoms with Crippen LogP contribution in [0, 0.1) is 0 Å². The van der Waals surface area contributed by atoms with E-state index in [0.29, 0.717) is 6.61 Å². The molecular weight excluding hydrogens is 228 g/mol. The Morgan fingerprint density at radius 3 is 2.76 bits per heavy atom. The molecule has 0 aromatic heterocycles. The molecule has 0 saturated carbocycles. The largest absolute Gasteiger partial charge is 0.394 e. The SMILES string of the molecule is CC1OC(C)(C)OCC2OCOC2OC1CO. The number of hydrogen-bond acceptors (Lipinski definition) is 6. The van der Waals surface area contributed by atoms with Crippen molar-refractivity contribution < 1.29 is 28.8 Å². The van der Waals surface area contributed by atoms with Crippen LogP contribution in [0.1, 0.15) is 20.8 Å². The summed E-state index contributed by atoms with van der Waals surface area (Å²) in [5.74, 6) is -0.739. The number of ether oxygens (including phenoxy) is 5. The number of hydrogen-bond donors (Lipinski definition) is 1. The van der Waals surface area contributed by atoms with Crippen LogP contribution >= 0.6 is 0 Å². The fraction of sp³-hybridized carbons (Fsp3) is 1.00. The van der Waals surface area contributed by atoms with Crippen LogP contribution < -0.4 is 0 Å². The smallest absolute Gasteiger partial charge is 0.189 e. The maximum absolute atomic E-state index is 9.32. The fourth-order valence-electron chi connectivity index (χ4n) is 1.95. The summed E-state index contributed by atoms with van der Waals surface area (Å²) in [5, 5.41) is 9.32. The molecule has 100 valence electrons. The van der Waals surface area contributed by atoms with Crippen molar-refractivity contribution in [1.82, 2.24) is 0 Å². The molecule has 2 aliphatic rings. The van der Waals surface area contributed by atoms with Crippen LogP contribution in [0.15, 0.2) is 0 Å². The highest BCUT2D eigenvalue weighted by Gasteiger charge is 2.39. The van der Waals surface area contributed by atoms with E-state index >= 15 is 0 Å². The minimum atomic E-state index is -0.739. The zero-order chi connectivity index (χ0) is 12.5. The van der Waals surface area contributed by atoms with Crippen molar-refractivity contribution in [2.24, 2.45) is 0 Å². The number of rotatable bonds is 1. The monoisotopic (exact) mass is 248 g/mol. The average molecular weight is 248 g/mol. The first-order valence-corrected chi connectivity index (χ1v) is 5.83. The fourth-order valence-corrected chi connectivity index (χ4v) is 1.95. The lowest BCUT2D eigenvalue weighted by atomic mass is 10.2. The normalized spacial score (nSPS) is 42.4. The Morgan fingerprint density at radius 2 is 2.06 bits per heavy atom. The first kappa shape index (κ1) is 13.2. The molecule has 2 rings (SSSR count). The van der Waals surface area contributed by atoms with Crippen molar-refractivity contribution in [2.45, 2.75) is 51.2 Å². The number of fused-ring (bicyclic) bond motifs is 1. The summed E-state index contributed by atoms with van der Waals surface area (Å²) in [6, 6.07) is 0. The van der Waals surface area contributed by atoms with Crippen molar-refractivity contribution in [3.63, 3.8) is 0 Å². The quantitative estimate of drug-likeness (QED) is 0.716. The van der Waals surface area contributed by atoms with Gasteiger partial charge >= 0.3 is 0 Å². The van der Waals surface area contributed by atoms with Crippen LogP contribution in [0.5, 0.6) is 0 Å². The van der Waals surface area contributed by atoms with Gasteiger partial charge in [0.15, 0.2) is 18.9 Å². The second-order valence-corrected chi connectivity index (χ2v) is 4.75. The predicted octanol–water partition coefficient (Wildman–Crippen LogP) is 0.234. The summed E-state index contributed by atoms with van der Waals surface area (Å²) in [4.78, 5) is 0. The molecule has 0 aromatic rings. The van der Waals surface area contributed by atoms with E-state index in [-0.39, 0.29) is 25.6 Å². The van der Waals surface area contributed by atoms with Gasteiger partial charge in [-0.2, -0.15) is 0 Å². The number of aliphatic hydroxyl groups excluding tert-OH is 1. The predicted molar refractivity (Wildman–Crippen MR) is 57.1 cm³/mol. The number of aliphatic hydroxyl groups is 1. The van der Waals surface area contributed by atoms with E-state index in [0.717, 1.165) is 0 Å². The highest BCUT2D eigenvalue weighted by atomic mass is 16.8. The van der Waals surface area contributed by atoms with Gasteiger partial charge in [-0.3, -0.25) is 0 Å². The molecule has 0 bridgehead atoms. The Kier molecular flexibility index (Phi) is 4.02. The van der Waals surface area contributed by atoms with Gasteiger partial charge in [-0.05, 0) is 20.8 Å².